The zero-order valence-corrected chi connectivity index (χ0v) is 11.1. The highest BCUT2D eigenvalue weighted by molar-refractivity contribution is 7.89. The Labute approximate surface area is 105 Å². The number of nitrogens with zero attached hydrogens (tertiary/aromatic N) is 3. The summed E-state index contributed by atoms with van der Waals surface area (Å²) in [5, 5.41) is 9.02. The van der Waals surface area contributed by atoms with Crippen molar-refractivity contribution in [1.82, 2.24) is 13.9 Å². The maximum absolute atomic E-state index is 13.3. The molecule has 2 heterocycles. The van der Waals surface area contributed by atoms with E-state index in [2.05, 4.69) is 4.98 Å². The number of aryl methyl sites for hydroxylation is 2. The first kappa shape index (κ1) is 13.4. The molecule has 0 unspecified atom stereocenters. The Hall–Kier alpha value is -0.990. The molecule has 0 amide bonds. The fourth-order valence-corrected chi connectivity index (χ4v) is 3.74. The number of halogens is 1. The summed E-state index contributed by atoms with van der Waals surface area (Å²) in [4.78, 5) is 3.95. The Morgan fingerprint density at radius 3 is 2.78 bits per heavy atom. The predicted molar refractivity (Wildman–Crippen MR) is 62.2 cm³/mol. The molecule has 8 heteroatoms. The van der Waals surface area contributed by atoms with Crippen molar-refractivity contribution in [2.75, 3.05) is 13.2 Å². The first-order valence-electron chi connectivity index (χ1n) is 5.63. The van der Waals surface area contributed by atoms with E-state index in [0.717, 1.165) is 4.31 Å². The first-order valence-corrected chi connectivity index (χ1v) is 7.07. The summed E-state index contributed by atoms with van der Waals surface area (Å²) in [5.74, 6) is 0.560. The number of aromatic nitrogens is 2. The maximum Gasteiger partial charge on any atom is 0.262 e. The fraction of sp³-hybridized carbons (Fsp3) is 0.700. The number of aliphatic hydroxyl groups excluding tert-OH is 1. The van der Waals surface area contributed by atoms with Crippen molar-refractivity contribution in [2.24, 2.45) is 7.05 Å². The smallest absolute Gasteiger partial charge is 0.262 e. The molecule has 1 saturated heterocycles. The van der Waals surface area contributed by atoms with Gasteiger partial charge in [-0.3, -0.25) is 0 Å². The lowest BCUT2D eigenvalue weighted by atomic mass is 10.2. The molecule has 0 saturated carbocycles. The molecule has 2 atom stereocenters. The summed E-state index contributed by atoms with van der Waals surface area (Å²) in [5.41, 5.74) is 0. The third-order valence-electron chi connectivity index (χ3n) is 3.18. The van der Waals surface area contributed by atoms with Crippen molar-refractivity contribution in [2.45, 2.75) is 30.6 Å². The topological polar surface area (TPSA) is 75.4 Å². The van der Waals surface area contributed by atoms with Crippen molar-refractivity contribution in [3.8, 4) is 0 Å². The minimum atomic E-state index is -3.83. The van der Waals surface area contributed by atoms with Crippen LogP contribution in [0.15, 0.2) is 11.2 Å². The van der Waals surface area contributed by atoms with Gasteiger partial charge in [-0.2, -0.15) is 4.31 Å². The van der Waals surface area contributed by atoms with Crippen LogP contribution in [0.4, 0.5) is 4.39 Å². The van der Waals surface area contributed by atoms with Crippen LogP contribution in [0, 0.1) is 6.92 Å². The van der Waals surface area contributed by atoms with Crippen LogP contribution < -0.4 is 0 Å². The van der Waals surface area contributed by atoms with Crippen LogP contribution in [-0.2, 0) is 17.1 Å². The summed E-state index contributed by atoms with van der Waals surface area (Å²) in [6, 6.07) is -0.702. The second kappa shape index (κ2) is 4.60. The molecule has 0 radical (unpaired) electrons. The number of imidazole rings is 1. The van der Waals surface area contributed by atoms with Gasteiger partial charge in [0, 0.05) is 19.8 Å². The molecule has 102 valence electrons. The van der Waals surface area contributed by atoms with Gasteiger partial charge in [0.25, 0.3) is 10.0 Å². The van der Waals surface area contributed by atoms with Crippen LogP contribution in [0.1, 0.15) is 12.2 Å². The quantitative estimate of drug-likeness (QED) is 0.832. The van der Waals surface area contributed by atoms with E-state index >= 15 is 0 Å². The minimum absolute atomic E-state index is 0.0293. The van der Waals surface area contributed by atoms with E-state index in [-0.39, 0.29) is 24.6 Å². The Balaban J connectivity index is 2.36. The standard InChI is InChI=1S/C10H16FN3O3S/c1-7-12-10(5-13(7)2)18(16,17)14-4-8(11)3-9(14)6-15/h5,8-9,15H,3-4,6H2,1-2H3/t8-,9-/m0/s1. The molecule has 0 bridgehead atoms. The van der Waals surface area contributed by atoms with Gasteiger partial charge in [-0.25, -0.2) is 17.8 Å². The number of aliphatic hydroxyl groups is 1. The zero-order valence-electron chi connectivity index (χ0n) is 10.2. The fourth-order valence-electron chi connectivity index (χ4n) is 2.06. The van der Waals surface area contributed by atoms with Crippen LogP contribution in [0.5, 0.6) is 0 Å². The van der Waals surface area contributed by atoms with Gasteiger partial charge < -0.3 is 9.67 Å². The summed E-state index contributed by atoms with van der Waals surface area (Å²) in [6.45, 7) is 1.08. The lowest BCUT2D eigenvalue weighted by molar-refractivity contribution is 0.212. The Kier molecular flexibility index (Phi) is 3.43. The summed E-state index contributed by atoms with van der Waals surface area (Å²) >= 11 is 0. The molecule has 1 aliphatic heterocycles. The Morgan fingerprint density at radius 1 is 1.61 bits per heavy atom. The molecule has 1 N–H and O–H groups in total. The first-order chi connectivity index (χ1) is 8.36. The SMILES string of the molecule is Cc1nc(S(=O)(=O)N2C[C@@H](F)C[C@H]2CO)cn1C. The van der Waals surface area contributed by atoms with Gasteiger partial charge in [0.15, 0.2) is 5.03 Å². The van der Waals surface area contributed by atoms with Gasteiger partial charge in [-0.15, -0.1) is 0 Å². The highest BCUT2D eigenvalue weighted by Gasteiger charge is 2.41. The molecule has 18 heavy (non-hydrogen) atoms. The van der Waals surface area contributed by atoms with Crippen molar-refractivity contribution < 1.29 is 17.9 Å². The Morgan fingerprint density at radius 2 is 2.28 bits per heavy atom. The number of alkyl halides is 1. The third-order valence-corrected chi connectivity index (χ3v) is 4.97. The van der Waals surface area contributed by atoms with Crippen LogP contribution >= 0.6 is 0 Å². The van der Waals surface area contributed by atoms with Crippen LogP contribution in [0.3, 0.4) is 0 Å². The highest BCUT2D eigenvalue weighted by atomic mass is 32.2. The van der Waals surface area contributed by atoms with Crippen LogP contribution in [-0.4, -0.2) is 52.7 Å². The predicted octanol–water partition coefficient (Wildman–Crippen LogP) is -0.178. The van der Waals surface area contributed by atoms with Crippen molar-refractivity contribution >= 4 is 10.0 Å². The lowest BCUT2D eigenvalue weighted by Gasteiger charge is -2.20. The normalized spacial score (nSPS) is 25.8. The largest absolute Gasteiger partial charge is 0.395 e. The molecule has 1 aliphatic rings. The molecule has 2 rings (SSSR count). The van der Waals surface area contributed by atoms with Gasteiger partial charge >= 0.3 is 0 Å². The van der Waals surface area contributed by atoms with Gasteiger partial charge in [-0.05, 0) is 13.3 Å². The molecule has 1 aromatic rings. The van der Waals surface area contributed by atoms with E-state index < -0.39 is 22.2 Å². The monoisotopic (exact) mass is 277 g/mol. The van der Waals surface area contributed by atoms with Gasteiger partial charge in [0.1, 0.15) is 12.0 Å². The Bertz CT molecular complexity index is 523. The van der Waals surface area contributed by atoms with E-state index in [1.165, 1.54) is 6.20 Å². The lowest BCUT2D eigenvalue weighted by Crippen LogP contribution is -2.38. The van der Waals surface area contributed by atoms with Crippen molar-refractivity contribution in [3.05, 3.63) is 12.0 Å². The number of rotatable bonds is 3. The van der Waals surface area contributed by atoms with E-state index in [9.17, 15) is 12.8 Å². The minimum Gasteiger partial charge on any atom is -0.395 e. The van der Waals surface area contributed by atoms with Crippen molar-refractivity contribution in [1.29, 1.82) is 0 Å². The molecule has 0 aliphatic carbocycles. The third kappa shape index (κ3) is 2.15. The van der Waals surface area contributed by atoms with Gasteiger partial charge in [0.2, 0.25) is 0 Å². The summed E-state index contributed by atoms with van der Waals surface area (Å²) in [7, 11) is -2.15. The number of sulfonamides is 1. The highest BCUT2D eigenvalue weighted by Crippen LogP contribution is 2.27. The van der Waals surface area contributed by atoms with E-state index in [1.54, 1.807) is 18.5 Å². The maximum atomic E-state index is 13.3. The van der Waals surface area contributed by atoms with Crippen molar-refractivity contribution in [3.63, 3.8) is 0 Å². The number of hydrogen-bond acceptors (Lipinski definition) is 4. The number of hydrogen-bond donors (Lipinski definition) is 1. The second-order valence-corrected chi connectivity index (χ2v) is 6.32. The molecule has 6 nitrogen and oxygen atoms in total. The van der Waals surface area contributed by atoms with Crippen LogP contribution in [0.2, 0.25) is 0 Å². The van der Waals surface area contributed by atoms with Gasteiger partial charge in [0.05, 0.1) is 12.6 Å². The average molecular weight is 277 g/mol. The molecular formula is C10H16FN3O3S. The molecule has 1 fully saturated rings. The molecule has 0 spiro atoms. The molecule has 0 aromatic carbocycles. The van der Waals surface area contributed by atoms with E-state index in [1.807, 2.05) is 0 Å². The van der Waals surface area contributed by atoms with Gasteiger partial charge in [-0.1, -0.05) is 0 Å². The molecule has 1 aromatic heterocycles. The van der Waals surface area contributed by atoms with Crippen LogP contribution in [0.25, 0.3) is 0 Å². The van der Waals surface area contributed by atoms with E-state index in [4.69, 9.17) is 5.11 Å². The summed E-state index contributed by atoms with van der Waals surface area (Å²) < 4.78 is 40.5. The average Bonchev–Trinajstić information content (AvgIpc) is 2.84. The summed E-state index contributed by atoms with van der Waals surface area (Å²) in [6.07, 6.45) is 0.188. The second-order valence-electron chi connectivity index (χ2n) is 4.48. The van der Waals surface area contributed by atoms with E-state index in [0.29, 0.717) is 5.82 Å². The zero-order chi connectivity index (χ0) is 13.5. The molecular weight excluding hydrogens is 261 g/mol.